The van der Waals surface area contributed by atoms with Gasteiger partial charge in [-0.2, -0.15) is 4.98 Å². The van der Waals surface area contributed by atoms with Crippen LogP contribution in [-0.4, -0.2) is 33.4 Å². The average Bonchev–Trinajstić information content (AvgIpc) is 3.44. The lowest BCUT2D eigenvalue weighted by molar-refractivity contribution is -0.116. The number of carbonyl (C=O) groups is 2. The number of amides is 2. The Hall–Kier alpha value is -3.00. The second kappa shape index (κ2) is 9.65. The highest BCUT2D eigenvalue weighted by Crippen LogP contribution is 2.27. The highest BCUT2D eigenvalue weighted by Gasteiger charge is 2.24. The van der Waals surface area contributed by atoms with Crippen molar-refractivity contribution in [1.82, 2.24) is 15.0 Å². The molecule has 0 aliphatic carbocycles. The minimum absolute atomic E-state index is 0.00722. The summed E-state index contributed by atoms with van der Waals surface area (Å²) in [7, 11) is 0. The number of aryl methyl sites for hydroxylation is 1. The van der Waals surface area contributed by atoms with Crippen LogP contribution in [0.1, 0.15) is 70.7 Å². The molecule has 7 nitrogen and oxygen atoms in total. The Balaban J connectivity index is 1.34. The van der Waals surface area contributed by atoms with Gasteiger partial charge in [0.05, 0.1) is 0 Å². The van der Waals surface area contributed by atoms with Crippen LogP contribution in [-0.2, 0) is 24.2 Å². The maximum absolute atomic E-state index is 13.2. The number of anilines is 1. The summed E-state index contributed by atoms with van der Waals surface area (Å²) < 4.78 is 5.23. The molecule has 3 aromatic rings. The second-order valence-electron chi connectivity index (χ2n) is 8.43. The van der Waals surface area contributed by atoms with E-state index in [0.29, 0.717) is 48.8 Å². The van der Waals surface area contributed by atoms with Crippen LogP contribution in [0.15, 0.2) is 34.2 Å². The fraction of sp³-hybridized carbons (Fsp3) is 0.417. The predicted molar refractivity (Wildman–Crippen MR) is 124 cm³/mol. The van der Waals surface area contributed by atoms with Gasteiger partial charge >= 0.3 is 0 Å². The monoisotopic (exact) mass is 452 g/mol. The summed E-state index contributed by atoms with van der Waals surface area (Å²) in [4.78, 5) is 33.2. The lowest BCUT2D eigenvalue weighted by Crippen LogP contribution is -2.35. The van der Waals surface area contributed by atoms with E-state index in [1.54, 1.807) is 11.3 Å². The van der Waals surface area contributed by atoms with E-state index in [-0.39, 0.29) is 17.7 Å². The third-order valence-electron chi connectivity index (χ3n) is 5.73. The van der Waals surface area contributed by atoms with Crippen molar-refractivity contribution in [1.29, 1.82) is 0 Å². The lowest BCUT2D eigenvalue weighted by atomic mass is 10.0. The van der Waals surface area contributed by atoms with Gasteiger partial charge in [0, 0.05) is 48.0 Å². The smallest absolute Gasteiger partial charge is 0.254 e. The zero-order valence-corrected chi connectivity index (χ0v) is 19.5. The molecule has 0 radical (unpaired) electrons. The number of aromatic nitrogens is 2. The highest BCUT2D eigenvalue weighted by molar-refractivity contribution is 7.10. The topological polar surface area (TPSA) is 88.3 Å². The molecule has 4 rings (SSSR count). The Bertz CT molecular complexity index is 1120. The Labute approximate surface area is 191 Å². The quantitative estimate of drug-likeness (QED) is 0.560. The first kappa shape index (κ1) is 22.2. The van der Waals surface area contributed by atoms with Crippen LogP contribution < -0.4 is 5.32 Å². The number of carbonyl (C=O) groups excluding carboxylic acids is 2. The third kappa shape index (κ3) is 4.91. The summed E-state index contributed by atoms with van der Waals surface area (Å²) >= 11 is 1.76. The van der Waals surface area contributed by atoms with E-state index < -0.39 is 0 Å². The summed E-state index contributed by atoms with van der Waals surface area (Å²) in [6.07, 6.45) is 2.40. The van der Waals surface area contributed by atoms with Crippen molar-refractivity contribution in [3.63, 3.8) is 0 Å². The molecule has 1 aliphatic rings. The van der Waals surface area contributed by atoms with E-state index in [1.165, 1.54) is 10.4 Å². The highest BCUT2D eigenvalue weighted by atomic mass is 32.1. The van der Waals surface area contributed by atoms with Gasteiger partial charge in [-0.3, -0.25) is 9.59 Å². The van der Waals surface area contributed by atoms with Crippen LogP contribution in [0, 0.1) is 6.92 Å². The number of nitrogens with one attached hydrogen (secondary N) is 1. The molecule has 0 saturated heterocycles. The van der Waals surface area contributed by atoms with Crippen molar-refractivity contribution in [2.75, 3.05) is 11.9 Å². The molecule has 0 spiro atoms. The first-order chi connectivity index (χ1) is 15.4. The summed E-state index contributed by atoms with van der Waals surface area (Å²) in [6.45, 7) is 7.26. The molecule has 3 heterocycles. The number of hydrogen-bond acceptors (Lipinski definition) is 6. The summed E-state index contributed by atoms with van der Waals surface area (Å²) in [5, 5.41) is 8.98. The zero-order chi connectivity index (χ0) is 22.7. The Morgan fingerprint density at radius 1 is 1.28 bits per heavy atom. The molecule has 0 unspecified atom stereocenters. The molecule has 168 valence electrons. The molecule has 2 amide bonds. The van der Waals surface area contributed by atoms with Gasteiger partial charge in [-0.15, -0.1) is 11.3 Å². The molecule has 0 saturated carbocycles. The zero-order valence-electron chi connectivity index (χ0n) is 18.7. The molecule has 32 heavy (non-hydrogen) atoms. The van der Waals surface area contributed by atoms with Gasteiger partial charge < -0.3 is 14.7 Å². The van der Waals surface area contributed by atoms with Gasteiger partial charge in [-0.1, -0.05) is 25.1 Å². The number of nitrogens with zero attached hydrogens (tertiary/aromatic N) is 3. The molecule has 1 aliphatic heterocycles. The van der Waals surface area contributed by atoms with Crippen LogP contribution >= 0.6 is 11.3 Å². The summed E-state index contributed by atoms with van der Waals surface area (Å²) in [5.41, 5.74) is 3.33. The molecule has 0 fully saturated rings. The Morgan fingerprint density at radius 3 is 2.91 bits per heavy atom. The van der Waals surface area contributed by atoms with Gasteiger partial charge in [-0.25, -0.2) is 0 Å². The van der Waals surface area contributed by atoms with E-state index in [0.717, 1.165) is 18.5 Å². The van der Waals surface area contributed by atoms with E-state index in [1.807, 2.05) is 43.9 Å². The van der Waals surface area contributed by atoms with Crippen LogP contribution in [0.3, 0.4) is 0 Å². The molecule has 8 heteroatoms. The first-order valence-corrected chi connectivity index (χ1v) is 11.9. The number of fused-ring (bicyclic) bond motifs is 1. The van der Waals surface area contributed by atoms with Crippen LogP contribution in [0.5, 0.6) is 0 Å². The SMILES string of the molecule is Cc1c(NC(=O)CCCc2nc(C(C)C)no2)cccc1C(=O)N1CCc2sccc2C1. The van der Waals surface area contributed by atoms with Gasteiger partial charge in [-0.05, 0) is 54.5 Å². The lowest BCUT2D eigenvalue weighted by Gasteiger charge is -2.28. The Morgan fingerprint density at radius 2 is 2.12 bits per heavy atom. The van der Waals surface area contributed by atoms with Gasteiger partial charge in [0.15, 0.2) is 5.82 Å². The normalized spacial score (nSPS) is 13.3. The second-order valence-corrected chi connectivity index (χ2v) is 9.43. The predicted octanol–water partition coefficient (Wildman–Crippen LogP) is 4.72. The fourth-order valence-corrected chi connectivity index (χ4v) is 4.70. The van der Waals surface area contributed by atoms with Crippen LogP contribution in [0.25, 0.3) is 0 Å². The summed E-state index contributed by atoms with van der Waals surface area (Å²) in [5.74, 6) is 1.37. The average molecular weight is 453 g/mol. The number of thiophene rings is 1. The molecule has 0 bridgehead atoms. The minimum Gasteiger partial charge on any atom is -0.339 e. The fourth-order valence-electron chi connectivity index (χ4n) is 3.81. The number of hydrogen-bond donors (Lipinski definition) is 1. The molecular weight excluding hydrogens is 424 g/mol. The van der Waals surface area contributed by atoms with Gasteiger partial charge in [0.2, 0.25) is 11.8 Å². The molecule has 2 aromatic heterocycles. The van der Waals surface area contributed by atoms with Crippen molar-refractivity contribution < 1.29 is 14.1 Å². The maximum atomic E-state index is 13.2. The van der Waals surface area contributed by atoms with Crippen molar-refractivity contribution in [2.24, 2.45) is 0 Å². The molecular formula is C24H28N4O3S. The maximum Gasteiger partial charge on any atom is 0.254 e. The van der Waals surface area contributed by atoms with Gasteiger partial charge in [0.25, 0.3) is 5.91 Å². The Kier molecular flexibility index (Phi) is 6.69. The van der Waals surface area contributed by atoms with Gasteiger partial charge in [0.1, 0.15) is 0 Å². The van der Waals surface area contributed by atoms with Crippen molar-refractivity contribution in [2.45, 2.75) is 58.9 Å². The van der Waals surface area contributed by atoms with Crippen LogP contribution in [0.2, 0.25) is 0 Å². The summed E-state index contributed by atoms with van der Waals surface area (Å²) in [6, 6.07) is 7.59. The largest absolute Gasteiger partial charge is 0.339 e. The minimum atomic E-state index is -0.0952. The number of rotatable bonds is 7. The third-order valence-corrected chi connectivity index (χ3v) is 6.75. The first-order valence-electron chi connectivity index (χ1n) is 11.0. The molecule has 0 atom stereocenters. The van der Waals surface area contributed by atoms with Crippen molar-refractivity contribution >= 4 is 28.8 Å². The van der Waals surface area contributed by atoms with E-state index >= 15 is 0 Å². The molecule has 1 N–H and O–H groups in total. The standard InChI is InChI=1S/C24H28N4O3S/c1-15(2)23-26-22(31-27-23)9-5-8-21(29)25-19-7-4-6-18(16(19)3)24(30)28-12-10-20-17(14-28)11-13-32-20/h4,6-7,11,13,15H,5,8-10,12,14H2,1-3H3,(H,25,29). The van der Waals surface area contributed by atoms with E-state index in [9.17, 15) is 9.59 Å². The van der Waals surface area contributed by atoms with Crippen LogP contribution in [0.4, 0.5) is 5.69 Å². The molecule has 1 aromatic carbocycles. The van der Waals surface area contributed by atoms with Crippen molar-refractivity contribution in [3.05, 3.63) is 62.9 Å². The van der Waals surface area contributed by atoms with Crippen molar-refractivity contribution in [3.8, 4) is 0 Å². The van der Waals surface area contributed by atoms with E-state index in [4.69, 9.17) is 4.52 Å². The van der Waals surface area contributed by atoms with E-state index in [2.05, 4.69) is 26.9 Å². The number of benzene rings is 1.